The second kappa shape index (κ2) is 16.0. The lowest BCUT2D eigenvalue weighted by molar-refractivity contribution is 0.0883. The van der Waals surface area contributed by atoms with E-state index in [9.17, 15) is 5.11 Å². The average Bonchev–Trinajstić information content (AvgIpc) is 3.98. The summed E-state index contributed by atoms with van der Waals surface area (Å²) >= 11 is 7.14. The first kappa shape index (κ1) is 41.9. The van der Waals surface area contributed by atoms with Crippen molar-refractivity contribution in [1.29, 1.82) is 0 Å². The predicted octanol–water partition coefficient (Wildman–Crippen LogP) is 14.3. The van der Waals surface area contributed by atoms with Crippen molar-refractivity contribution in [2.45, 2.75) is 11.0 Å². The molecule has 0 bridgehead atoms. The molecule has 1 spiro atoms. The molecule has 9 nitrogen and oxygen atoms in total. The van der Waals surface area contributed by atoms with Crippen LogP contribution < -0.4 is 9.47 Å². The van der Waals surface area contributed by atoms with Gasteiger partial charge in [-0.2, -0.15) is 8.42 Å². The number of aliphatic hydroxyl groups is 1. The molecule has 3 N–H and O–H groups in total. The summed E-state index contributed by atoms with van der Waals surface area (Å²) in [6.07, 6.45) is 0. The Hall–Kier alpha value is -6.77. The van der Waals surface area contributed by atoms with Gasteiger partial charge in [0.15, 0.2) is 28.6 Å². The molecule has 66 heavy (non-hydrogen) atoms. The Labute approximate surface area is 395 Å². The van der Waals surface area contributed by atoms with Crippen molar-refractivity contribution in [3.05, 3.63) is 236 Å². The molecule has 12 heteroatoms. The van der Waals surface area contributed by atoms with Gasteiger partial charge in [-0.05, 0) is 81.9 Å². The molecule has 8 aromatic carbocycles. The number of ether oxygens (including phenoxy) is 2. The van der Waals surface area contributed by atoms with Gasteiger partial charge in [-0.25, -0.2) is 0 Å². The first-order valence-corrected chi connectivity index (χ1v) is 23.7. The van der Waals surface area contributed by atoms with Gasteiger partial charge < -0.3 is 23.4 Å². The minimum Gasteiger partial charge on any atom is -0.455 e. The Bertz CT molecular complexity index is 3600. The van der Waals surface area contributed by atoms with Crippen molar-refractivity contribution in [3.8, 4) is 45.3 Å². The zero-order valence-corrected chi connectivity index (χ0v) is 38.3. The van der Waals surface area contributed by atoms with Gasteiger partial charge in [0, 0.05) is 25.6 Å². The third-order valence-corrected chi connectivity index (χ3v) is 13.2. The van der Waals surface area contributed by atoms with Gasteiger partial charge in [0.25, 0.3) is 0 Å². The van der Waals surface area contributed by atoms with Crippen LogP contribution in [0.15, 0.2) is 206 Å². The van der Waals surface area contributed by atoms with Crippen LogP contribution in [0.2, 0.25) is 0 Å². The van der Waals surface area contributed by atoms with E-state index in [-0.39, 0.29) is 0 Å². The monoisotopic (exact) mass is 1020 g/mol. The zero-order valence-electron chi connectivity index (χ0n) is 34.4. The number of rotatable bonds is 2. The standard InChI is InChI=1S/C27H17BrO3.C27H15BrO2.H2O4S/c28-18-14-15-23-20(16-18)25-26(31-23)27(29,22-12-6-7-13-24(22)30-25)21-11-5-4-10-19(21)17-8-2-1-3-9-17;28-16-13-14-23-19(15-16)25-26(30-23)27(22-11-5-6-12-24(22)29-25)20-9-3-1-7-17(20)18-8-2-4-10-21(18)27;1-5(2,3)4/h1-16,29H;1-15H;(H2,1,2,3,4). The van der Waals surface area contributed by atoms with E-state index in [0.29, 0.717) is 28.4 Å². The predicted molar refractivity (Wildman–Crippen MR) is 260 cm³/mol. The fourth-order valence-electron chi connectivity index (χ4n) is 9.67. The van der Waals surface area contributed by atoms with E-state index >= 15 is 0 Å². The fraction of sp³-hybridized carbons (Fsp3) is 0.0370. The molecule has 324 valence electrons. The van der Waals surface area contributed by atoms with Crippen LogP contribution >= 0.6 is 31.9 Å². The molecule has 3 aliphatic rings. The topological polar surface area (TPSA) is 140 Å². The molecule has 2 aromatic heterocycles. The van der Waals surface area contributed by atoms with Gasteiger partial charge in [-0.1, -0.05) is 171 Å². The summed E-state index contributed by atoms with van der Waals surface area (Å²) in [5.41, 5.74) is 8.90. The highest BCUT2D eigenvalue weighted by Crippen LogP contribution is 2.64. The first-order valence-electron chi connectivity index (χ1n) is 20.7. The second-order valence-electron chi connectivity index (χ2n) is 15.9. The van der Waals surface area contributed by atoms with Crippen molar-refractivity contribution in [2.24, 2.45) is 0 Å². The summed E-state index contributed by atoms with van der Waals surface area (Å²) in [5, 5.41) is 14.3. The van der Waals surface area contributed by atoms with Crippen LogP contribution in [0.5, 0.6) is 23.0 Å². The van der Waals surface area contributed by atoms with Gasteiger partial charge >= 0.3 is 10.4 Å². The van der Waals surface area contributed by atoms with E-state index in [2.05, 4.69) is 105 Å². The summed E-state index contributed by atoms with van der Waals surface area (Å²) in [5.74, 6) is 4.08. The highest BCUT2D eigenvalue weighted by Gasteiger charge is 2.54. The molecule has 1 aliphatic carbocycles. The van der Waals surface area contributed by atoms with Crippen LogP contribution in [0, 0.1) is 0 Å². The summed E-state index contributed by atoms with van der Waals surface area (Å²) in [6.45, 7) is 0. The van der Waals surface area contributed by atoms with Crippen molar-refractivity contribution in [3.63, 3.8) is 0 Å². The lowest BCUT2D eigenvalue weighted by Gasteiger charge is -2.36. The summed E-state index contributed by atoms with van der Waals surface area (Å²) in [7, 11) is -4.67. The van der Waals surface area contributed by atoms with E-state index in [1.54, 1.807) is 0 Å². The highest BCUT2D eigenvalue weighted by atomic mass is 79.9. The zero-order chi connectivity index (χ0) is 45.4. The van der Waals surface area contributed by atoms with E-state index in [1.165, 1.54) is 22.3 Å². The van der Waals surface area contributed by atoms with E-state index in [0.717, 1.165) is 64.8 Å². The Morgan fingerprint density at radius 2 is 0.848 bits per heavy atom. The third kappa shape index (κ3) is 6.71. The normalized spacial score (nSPS) is 15.6. The smallest absolute Gasteiger partial charge is 0.394 e. The quantitative estimate of drug-likeness (QED) is 0.144. The van der Waals surface area contributed by atoms with Crippen molar-refractivity contribution in [1.82, 2.24) is 0 Å². The van der Waals surface area contributed by atoms with Crippen molar-refractivity contribution >= 4 is 64.2 Å². The Morgan fingerprint density at radius 3 is 1.41 bits per heavy atom. The maximum absolute atomic E-state index is 12.5. The lowest BCUT2D eigenvalue weighted by Crippen LogP contribution is -2.32. The maximum atomic E-state index is 12.5. The molecule has 13 rings (SSSR count). The highest BCUT2D eigenvalue weighted by molar-refractivity contribution is 9.10. The number of benzene rings is 8. The van der Waals surface area contributed by atoms with Gasteiger partial charge in [0.05, 0.1) is 10.8 Å². The van der Waals surface area contributed by atoms with Gasteiger partial charge in [0.2, 0.25) is 0 Å². The molecule has 0 saturated carbocycles. The van der Waals surface area contributed by atoms with Gasteiger partial charge in [0.1, 0.15) is 28.1 Å². The second-order valence-corrected chi connectivity index (χ2v) is 18.6. The minimum absolute atomic E-state index is 0.391. The molecule has 0 radical (unpaired) electrons. The van der Waals surface area contributed by atoms with Crippen LogP contribution in [0.4, 0.5) is 0 Å². The average molecular weight is 1020 g/mol. The van der Waals surface area contributed by atoms with E-state index in [4.69, 9.17) is 35.8 Å². The molecular weight excluding hydrogens is 984 g/mol. The van der Waals surface area contributed by atoms with Crippen LogP contribution in [-0.4, -0.2) is 22.6 Å². The van der Waals surface area contributed by atoms with E-state index < -0.39 is 21.4 Å². The number of para-hydroxylation sites is 2. The summed E-state index contributed by atoms with van der Waals surface area (Å²) in [4.78, 5) is 0. The Balaban J connectivity index is 0.000000133. The molecule has 0 saturated heterocycles. The van der Waals surface area contributed by atoms with Crippen LogP contribution in [-0.2, 0) is 21.4 Å². The van der Waals surface area contributed by atoms with Crippen molar-refractivity contribution in [2.75, 3.05) is 0 Å². The molecule has 1 unspecified atom stereocenters. The van der Waals surface area contributed by atoms with Crippen LogP contribution in [0.25, 0.3) is 44.2 Å². The number of hydrogen-bond acceptors (Lipinski definition) is 7. The maximum Gasteiger partial charge on any atom is 0.394 e. The van der Waals surface area contributed by atoms with Crippen LogP contribution in [0.3, 0.4) is 0 Å². The number of furan rings is 2. The molecular formula is C54H34Br2O9S. The number of halogens is 2. The Kier molecular flexibility index (Phi) is 10.1. The molecule has 4 heterocycles. The molecule has 0 amide bonds. The fourth-order valence-corrected chi connectivity index (χ4v) is 10.4. The number of hydrogen-bond donors (Lipinski definition) is 3. The summed E-state index contributed by atoms with van der Waals surface area (Å²) < 4.78 is 59.1. The largest absolute Gasteiger partial charge is 0.455 e. The number of fused-ring (bicyclic) bond motifs is 15. The van der Waals surface area contributed by atoms with Gasteiger partial charge in [-0.15, -0.1) is 0 Å². The molecule has 10 aromatic rings. The van der Waals surface area contributed by atoms with E-state index in [1.807, 2.05) is 115 Å². The summed E-state index contributed by atoms with van der Waals surface area (Å²) in [6, 6.07) is 63.1. The first-order chi connectivity index (χ1) is 31.9. The van der Waals surface area contributed by atoms with Gasteiger partial charge in [-0.3, -0.25) is 9.11 Å². The molecule has 1 atom stereocenters. The van der Waals surface area contributed by atoms with Crippen LogP contribution in [0.1, 0.15) is 39.3 Å². The molecule has 2 aliphatic heterocycles. The third-order valence-electron chi connectivity index (χ3n) is 12.2. The van der Waals surface area contributed by atoms with Crippen molar-refractivity contribution < 1.29 is 40.9 Å². The SMILES string of the molecule is Brc1ccc2oc3c(c2c1)Oc1ccccc1C31c2ccccc2-c2ccccc21.O=S(=O)(O)O.OC1(c2ccccc2-c2ccccc2)c2ccccc2Oc2c1oc1ccc(Br)cc21. The lowest BCUT2D eigenvalue weighted by atomic mass is 9.69. The minimum atomic E-state index is -4.67. The molecule has 0 fully saturated rings. The Morgan fingerprint density at radius 1 is 0.439 bits per heavy atom.